The Hall–Kier alpha value is -2.93. The number of hydrogen-bond acceptors (Lipinski definition) is 3. The quantitative estimate of drug-likeness (QED) is 0.837. The molecule has 2 aliphatic heterocycles. The summed E-state index contributed by atoms with van der Waals surface area (Å²) in [5, 5.41) is 12.9. The van der Waals surface area contributed by atoms with Gasteiger partial charge in [-0.05, 0) is 37.6 Å². The Balaban J connectivity index is 1.71. The number of amides is 3. The highest BCUT2D eigenvalue weighted by Gasteiger charge is 2.55. The number of carbonyl (C=O) groups excluding carboxylic acids is 2. The van der Waals surface area contributed by atoms with Crippen LogP contribution in [0.4, 0.5) is 14.9 Å². The van der Waals surface area contributed by atoms with Crippen LogP contribution in [0, 0.1) is 5.82 Å². The summed E-state index contributed by atoms with van der Waals surface area (Å²) in [5.41, 5.74) is 1.67. The molecule has 4 rings (SSSR count). The van der Waals surface area contributed by atoms with E-state index in [0.717, 1.165) is 11.3 Å². The summed E-state index contributed by atoms with van der Waals surface area (Å²) in [7, 11) is 0. The van der Waals surface area contributed by atoms with Crippen LogP contribution in [-0.2, 0) is 0 Å². The summed E-state index contributed by atoms with van der Waals surface area (Å²) in [6.07, 6.45) is 0. The molecular weight excluding hydrogens is 373 g/mol. The van der Waals surface area contributed by atoms with E-state index in [0.29, 0.717) is 0 Å². The first-order valence-electron chi connectivity index (χ1n) is 9.79. The number of aliphatic hydroxyl groups excluding tert-OH is 1. The van der Waals surface area contributed by atoms with Crippen molar-refractivity contribution >= 4 is 17.6 Å². The van der Waals surface area contributed by atoms with Gasteiger partial charge in [0.05, 0.1) is 24.3 Å². The van der Waals surface area contributed by atoms with Gasteiger partial charge in [-0.3, -0.25) is 9.69 Å². The first-order chi connectivity index (χ1) is 13.9. The second-order valence-electron chi connectivity index (χ2n) is 7.81. The number of para-hydroxylation sites is 1. The van der Waals surface area contributed by atoms with Crippen LogP contribution >= 0.6 is 0 Å². The van der Waals surface area contributed by atoms with E-state index in [4.69, 9.17) is 0 Å². The van der Waals surface area contributed by atoms with Crippen molar-refractivity contribution in [2.75, 3.05) is 18.1 Å². The van der Waals surface area contributed by atoms with Crippen LogP contribution in [-0.4, -0.2) is 53.2 Å². The van der Waals surface area contributed by atoms with E-state index in [2.05, 4.69) is 5.32 Å². The minimum atomic E-state index is -0.594. The van der Waals surface area contributed by atoms with Gasteiger partial charge in [0.1, 0.15) is 5.82 Å². The van der Waals surface area contributed by atoms with Crippen LogP contribution in [0.15, 0.2) is 48.5 Å². The smallest absolute Gasteiger partial charge is 0.322 e. The van der Waals surface area contributed by atoms with E-state index < -0.39 is 17.8 Å². The summed E-state index contributed by atoms with van der Waals surface area (Å²) in [5.74, 6) is -1.16. The molecule has 2 aromatic carbocycles. The molecule has 0 bridgehead atoms. The van der Waals surface area contributed by atoms with Gasteiger partial charge in [0, 0.05) is 24.2 Å². The maximum Gasteiger partial charge on any atom is 0.322 e. The molecule has 7 heteroatoms. The Morgan fingerprint density at radius 2 is 1.86 bits per heavy atom. The Morgan fingerprint density at radius 3 is 2.55 bits per heavy atom. The van der Waals surface area contributed by atoms with Gasteiger partial charge in [-0.1, -0.05) is 30.3 Å². The number of likely N-dealkylation sites (tertiary alicyclic amines) is 1. The highest BCUT2D eigenvalue weighted by atomic mass is 19.1. The van der Waals surface area contributed by atoms with Crippen molar-refractivity contribution in [2.24, 2.45) is 0 Å². The molecular formula is C22H24FN3O3. The molecule has 3 amide bonds. The van der Waals surface area contributed by atoms with E-state index in [9.17, 15) is 19.1 Å². The molecule has 0 radical (unpaired) electrons. The third kappa shape index (κ3) is 3.15. The summed E-state index contributed by atoms with van der Waals surface area (Å²) in [4.78, 5) is 29.0. The zero-order chi connectivity index (χ0) is 20.7. The van der Waals surface area contributed by atoms with Gasteiger partial charge in [0.15, 0.2) is 0 Å². The number of urea groups is 1. The van der Waals surface area contributed by atoms with Gasteiger partial charge < -0.3 is 15.3 Å². The standard InChI is InChI=1S/C22H24FN3O3/c1-13(2)24-22(29)25-11-18-20(15-8-4-6-10-17(15)25)19(12-27)26(18)21(28)14-7-3-5-9-16(14)23/h3-10,13,18-20,27H,11-12H2,1-2H3,(H,24,29)/t18-,19-,20+/m1/s1. The van der Waals surface area contributed by atoms with Crippen molar-refractivity contribution in [3.63, 3.8) is 0 Å². The lowest BCUT2D eigenvalue weighted by Gasteiger charge is -2.58. The monoisotopic (exact) mass is 397 g/mol. The molecule has 29 heavy (non-hydrogen) atoms. The molecule has 0 aliphatic carbocycles. The fourth-order valence-corrected chi connectivity index (χ4v) is 4.46. The van der Waals surface area contributed by atoms with Crippen molar-refractivity contribution in [1.82, 2.24) is 10.2 Å². The van der Waals surface area contributed by atoms with Crippen molar-refractivity contribution in [3.8, 4) is 0 Å². The average molecular weight is 397 g/mol. The lowest BCUT2D eigenvalue weighted by atomic mass is 9.71. The number of carbonyl (C=O) groups is 2. The molecule has 3 atom stereocenters. The van der Waals surface area contributed by atoms with Crippen molar-refractivity contribution in [3.05, 3.63) is 65.5 Å². The Morgan fingerprint density at radius 1 is 1.17 bits per heavy atom. The van der Waals surface area contributed by atoms with E-state index in [1.807, 2.05) is 38.1 Å². The van der Waals surface area contributed by atoms with Crippen LogP contribution < -0.4 is 10.2 Å². The number of aliphatic hydroxyl groups is 1. The molecule has 152 valence electrons. The Labute approximate surface area is 168 Å². The number of benzene rings is 2. The molecule has 6 nitrogen and oxygen atoms in total. The second-order valence-corrected chi connectivity index (χ2v) is 7.81. The molecule has 0 aromatic heterocycles. The summed E-state index contributed by atoms with van der Waals surface area (Å²) < 4.78 is 14.2. The van der Waals surface area contributed by atoms with Crippen LogP contribution in [0.1, 0.15) is 35.7 Å². The van der Waals surface area contributed by atoms with Crippen molar-refractivity contribution in [2.45, 2.75) is 37.9 Å². The lowest BCUT2D eigenvalue weighted by molar-refractivity contribution is -0.0245. The van der Waals surface area contributed by atoms with Gasteiger partial charge in [-0.25, -0.2) is 9.18 Å². The molecule has 2 heterocycles. The van der Waals surface area contributed by atoms with Crippen LogP contribution in [0.5, 0.6) is 0 Å². The van der Waals surface area contributed by atoms with Crippen molar-refractivity contribution < 1.29 is 19.1 Å². The number of nitrogens with zero attached hydrogens (tertiary/aromatic N) is 2. The largest absolute Gasteiger partial charge is 0.394 e. The summed E-state index contributed by atoms with van der Waals surface area (Å²) in [6.45, 7) is 3.83. The third-order valence-electron chi connectivity index (χ3n) is 5.68. The number of nitrogens with one attached hydrogen (secondary N) is 1. The predicted molar refractivity (Wildman–Crippen MR) is 107 cm³/mol. The SMILES string of the molecule is CC(C)NC(=O)N1C[C@@H]2[C@H](c3ccccc31)[C@@H](CO)N2C(=O)c1ccccc1F. The van der Waals surface area contributed by atoms with Crippen LogP contribution in [0.25, 0.3) is 0 Å². The first kappa shape index (κ1) is 19.4. The molecule has 1 fully saturated rings. The fourth-order valence-electron chi connectivity index (χ4n) is 4.46. The number of hydrogen-bond donors (Lipinski definition) is 2. The molecule has 2 aromatic rings. The minimum absolute atomic E-state index is 0.0264. The van der Waals surface area contributed by atoms with Gasteiger partial charge in [0.2, 0.25) is 0 Å². The van der Waals surface area contributed by atoms with Crippen LogP contribution in [0.2, 0.25) is 0 Å². The first-order valence-corrected chi connectivity index (χ1v) is 9.79. The van der Waals surface area contributed by atoms with Gasteiger partial charge >= 0.3 is 6.03 Å². The molecule has 2 N–H and O–H groups in total. The van der Waals surface area contributed by atoms with E-state index in [1.54, 1.807) is 11.0 Å². The minimum Gasteiger partial charge on any atom is -0.394 e. The van der Waals surface area contributed by atoms with Gasteiger partial charge in [0.25, 0.3) is 5.91 Å². The number of fused-ring (bicyclic) bond motifs is 3. The van der Waals surface area contributed by atoms with E-state index in [-0.39, 0.29) is 42.7 Å². The van der Waals surface area contributed by atoms with Gasteiger partial charge in [-0.15, -0.1) is 0 Å². The number of rotatable bonds is 3. The maximum absolute atomic E-state index is 14.2. The zero-order valence-electron chi connectivity index (χ0n) is 16.4. The van der Waals surface area contributed by atoms with Crippen molar-refractivity contribution in [1.29, 1.82) is 0 Å². The fraction of sp³-hybridized carbons (Fsp3) is 0.364. The van der Waals surface area contributed by atoms with Gasteiger partial charge in [-0.2, -0.15) is 0 Å². The lowest BCUT2D eigenvalue weighted by Crippen LogP contribution is -2.71. The van der Waals surface area contributed by atoms with E-state index in [1.165, 1.54) is 23.1 Å². The third-order valence-corrected chi connectivity index (χ3v) is 5.68. The maximum atomic E-state index is 14.2. The topological polar surface area (TPSA) is 72.9 Å². The predicted octanol–water partition coefficient (Wildman–Crippen LogP) is 2.73. The highest BCUT2D eigenvalue weighted by Crippen LogP contribution is 2.48. The highest BCUT2D eigenvalue weighted by molar-refractivity contribution is 5.98. The molecule has 2 aliphatic rings. The Bertz CT molecular complexity index is 948. The summed E-state index contributed by atoms with van der Waals surface area (Å²) >= 11 is 0. The average Bonchev–Trinajstić information content (AvgIpc) is 2.68. The molecule has 0 unspecified atom stereocenters. The molecule has 0 spiro atoms. The molecule has 0 saturated carbocycles. The van der Waals surface area contributed by atoms with E-state index >= 15 is 0 Å². The molecule has 1 saturated heterocycles. The summed E-state index contributed by atoms with van der Waals surface area (Å²) in [6, 6.07) is 12.3. The Kier molecular flexibility index (Phi) is 5.00. The second kappa shape index (κ2) is 7.48. The number of halogens is 1. The number of anilines is 1. The normalized spacial score (nSPS) is 22.6. The zero-order valence-corrected chi connectivity index (χ0v) is 16.4. The van der Waals surface area contributed by atoms with Crippen LogP contribution in [0.3, 0.4) is 0 Å².